The fourth-order valence-corrected chi connectivity index (χ4v) is 3.00. The third-order valence-electron chi connectivity index (χ3n) is 4.50. The summed E-state index contributed by atoms with van der Waals surface area (Å²) in [4.78, 5) is 11.3. The lowest BCUT2D eigenvalue weighted by atomic mass is 9.65. The largest absolute Gasteiger partial charge is 0.481 e. The minimum Gasteiger partial charge on any atom is -0.481 e. The molecule has 0 aliphatic heterocycles. The molecule has 1 fully saturated rings. The number of carboxylic acids is 1. The van der Waals surface area contributed by atoms with Crippen LogP contribution in [-0.4, -0.2) is 23.8 Å². The Labute approximate surface area is 111 Å². The van der Waals surface area contributed by atoms with Crippen LogP contribution in [0.5, 0.6) is 0 Å². The molecule has 1 saturated carbocycles. The summed E-state index contributed by atoms with van der Waals surface area (Å²) >= 11 is 0. The van der Waals surface area contributed by atoms with E-state index in [4.69, 9.17) is 4.74 Å². The second-order valence-electron chi connectivity index (χ2n) is 7.11. The molecule has 0 aromatic heterocycles. The molecule has 0 saturated heterocycles. The van der Waals surface area contributed by atoms with E-state index >= 15 is 0 Å². The maximum atomic E-state index is 11.3. The van der Waals surface area contributed by atoms with Crippen LogP contribution >= 0.6 is 0 Å². The Morgan fingerprint density at radius 1 is 1.44 bits per heavy atom. The molecule has 0 bridgehead atoms. The standard InChI is InChI=1S/C15H28O3/c1-14(2)8-7-12(13(16)17)11(10-14)6-9-15(3,4)18-5/h11-12H,6-10H2,1-5H3,(H,16,17). The van der Waals surface area contributed by atoms with Crippen molar-refractivity contribution in [2.24, 2.45) is 17.3 Å². The van der Waals surface area contributed by atoms with Gasteiger partial charge in [-0.1, -0.05) is 13.8 Å². The summed E-state index contributed by atoms with van der Waals surface area (Å²) < 4.78 is 5.43. The monoisotopic (exact) mass is 256 g/mol. The van der Waals surface area contributed by atoms with Crippen molar-refractivity contribution >= 4 is 5.97 Å². The summed E-state index contributed by atoms with van der Waals surface area (Å²) in [6, 6.07) is 0. The maximum Gasteiger partial charge on any atom is 0.306 e. The van der Waals surface area contributed by atoms with Gasteiger partial charge in [0.15, 0.2) is 0 Å². The normalized spacial score (nSPS) is 28.1. The third kappa shape index (κ3) is 4.27. The highest BCUT2D eigenvalue weighted by molar-refractivity contribution is 5.70. The molecular formula is C15H28O3. The van der Waals surface area contributed by atoms with E-state index in [2.05, 4.69) is 27.7 Å². The molecule has 106 valence electrons. The first-order chi connectivity index (χ1) is 8.17. The number of aliphatic carboxylic acids is 1. The van der Waals surface area contributed by atoms with Crippen molar-refractivity contribution in [3.63, 3.8) is 0 Å². The number of ether oxygens (including phenoxy) is 1. The van der Waals surface area contributed by atoms with Crippen molar-refractivity contribution in [2.75, 3.05) is 7.11 Å². The lowest BCUT2D eigenvalue weighted by molar-refractivity contribution is -0.146. The van der Waals surface area contributed by atoms with E-state index in [-0.39, 0.29) is 16.9 Å². The lowest BCUT2D eigenvalue weighted by Crippen LogP contribution is -2.35. The van der Waals surface area contributed by atoms with Crippen molar-refractivity contribution in [3.05, 3.63) is 0 Å². The zero-order valence-electron chi connectivity index (χ0n) is 12.5. The van der Waals surface area contributed by atoms with Crippen LogP contribution in [0.4, 0.5) is 0 Å². The van der Waals surface area contributed by atoms with Gasteiger partial charge in [-0.15, -0.1) is 0 Å². The zero-order chi connectivity index (χ0) is 14.0. The van der Waals surface area contributed by atoms with Crippen molar-refractivity contribution in [2.45, 2.75) is 65.4 Å². The molecule has 3 nitrogen and oxygen atoms in total. The minimum atomic E-state index is -0.620. The summed E-state index contributed by atoms with van der Waals surface area (Å²) in [5.74, 6) is -0.489. The van der Waals surface area contributed by atoms with Crippen LogP contribution in [0.1, 0.15) is 59.8 Å². The van der Waals surface area contributed by atoms with E-state index in [1.165, 1.54) is 0 Å². The average Bonchev–Trinajstić information content (AvgIpc) is 2.25. The molecule has 1 aliphatic carbocycles. The second-order valence-corrected chi connectivity index (χ2v) is 7.11. The molecule has 1 aliphatic rings. The quantitative estimate of drug-likeness (QED) is 0.815. The number of hydrogen-bond acceptors (Lipinski definition) is 2. The Balaban J connectivity index is 2.65. The predicted molar refractivity (Wildman–Crippen MR) is 72.6 cm³/mol. The van der Waals surface area contributed by atoms with Gasteiger partial charge in [-0.05, 0) is 57.3 Å². The molecule has 2 atom stereocenters. The summed E-state index contributed by atoms with van der Waals surface area (Å²) in [6.45, 7) is 8.63. The number of rotatable bonds is 5. The smallest absolute Gasteiger partial charge is 0.306 e. The Kier molecular flexibility index (Phi) is 4.82. The molecule has 0 amide bonds. The number of methoxy groups -OCH3 is 1. The molecular weight excluding hydrogens is 228 g/mol. The van der Waals surface area contributed by atoms with Crippen LogP contribution in [0.2, 0.25) is 0 Å². The number of carbonyl (C=O) groups is 1. The molecule has 1 rings (SSSR count). The van der Waals surface area contributed by atoms with Crippen LogP contribution in [0.15, 0.2) is 0 Å². The van der Waals surface area contributed by atoms with Gasteiger partial charge in [-0.3, -0.25) is 4.79 Å². The molecule has 0 radical (unpaired) electrons. The van der Waals surface area contributed by atoms with Crippen LogP contribution in [-0.2, 0) is 9.53 Å². The zero-order valence-corrected chi connectivity index (χ0v) is 12.5. The predicted octanol–water partition coefficient (Wildman–Crippen LogP) is 3.72. The van der Waals surface area contributed by atoms with Gasteiger partial charge >= 0.3 is 5.97 Å². The lowest BCUT2D eigenvalue weighted by Gasteiger charge is -2.40. The van der Waals surface area contributed by atoms with Gasteiger partial charge in [0.05, 0.1) is 11.5 Å². The summed E-state index contributed by atoms with van der Waals surface area (Å²) in [7, 11) is 1.72. The topological polar surface area (TPSA) is 46.5 Å². The molecule has 2 unspecified atom stereocenters. The molecule has 0 heterocycles. The SMILES string of the molecule is COC(C)(C)CCC1CC(C)(C)CCC1C(=O)O. The first kappa shape index (κ1) is 15.5. The van der Waals surface area contributed by atoms with Crippen molar-refractivity contribution in [3.8, 4) is 0 Å². The fourth-order valence-electron chi connectivity index (χ4n) is 3.00. The highest BCUT2D eigenvalue weighted by Crippen LogP contribution is 2.44. The molecule has 1 N–H and O–H groups in total. The van der Waals surface area contributed by atoms with Crippen LogP contribution in [0.3, 0.4) is 0 Å². The molecule has 3 heteroatoms. The van der Waals surface area contributed by atoms with E-state index in [9.17, 15) is 9.90 Å². The first-order valence-electron chi connectivity index (χ1n) is 6.95. The van der Waals surface area contributed by atoms with Crippen molar-refractivity contribution < 1.29 is 14.6 Å². The number of hydrogen-bond donors (Lipinski definition) is 1. The Hall–Kier alpha value is -0.570. The highest BCUT2D eigenvalue weighted by Gasteiger charge is 2.38. The van der Waals surface area contributed by atoms with E-state index in [0.29, 0.717) is 5.92 Å². The van der Waals surface area contributed by atoms with Gasteiger partial charge in [0, 0.05) is 7.11 Å². The van der Waals surface area contributed by atoms with Gasteiger partial charge in [-0.25, -0.2) is 0 Å². The summed E-state index contributed by atoms with van der Waals surface area (Å²) in [5.41, 5.74) is 0.137. The van der Waals surface area contributed by atoms with Gasteiger partial charge < -0.3 is 9.84 Å². The Morgan fingerprint density at radius 2 is 2.06 bits per heavy atom. The van der Waals surface area contributed by atoms with Gasteiger partial charge in [-0.2, -0.15) is 0 Å². The highest BCUT2D eigenvalue weighted by atomic mass is 16.5. The Morgan fingerprint density at radius 3 is 2.56 bits per heavy atom. The minimum absolute atomic E-state index is 0.148. The molecule has 0 spiro atoms. The van der Waals surface area contributed by atoms with Gasteiger partial charge in [0.1, 0.15) is 0 Å². The van der Waals surface area contributed by atoms with Crippen LogP contribution < -0.4 is 0 Å². The van der Waals surface area contributed by atoms with Crippen LogP contribution in [0.25, 0.3) is 0 Å². The average molecular weight is 256 g/mol. The van der Waals surface area contributed by atoms with Crippen molar-refractivity contribution in [1.29, 1.82) is 0 Å². The van der Waals surface area contributed by atoms with E-state index in [1.807, 2.05) is 0 Å². The summed E-state index contributed by atoms with van der Waals surface area (Å²) in [5, 5.41) is 9.33. The molecule has 0 aromatic rings. The molecule has 18 heavy (non-hydrogen) atoms. The first-order valence-corrected chi connectivity index (χ1v) is 6.95. The third-order valence-corrected chi connectivity index (χ3v) is 4.50. The Bertz CT molecular complexity index is 294. The van der Waals surface area contributed by atoms with Crippen LogP contribution in [0, 0.1) is 17.3 Å². The van der Waals surface area contributed by atoms with Gasteiger partial charge in [0.25, 0.3) is 0 Å². The molecule has 0 aromatic carbocycles. The fraction of sp³-hybridized carbons (Fsp3) is 0.933. The second kappa shape index (κ2) is 5.60. The number of carboxylic acid groups (broad SMARTS) is 1. The summed E-state index contributed by atoms with van der Waals surface area (Å²) in [6.07, 6.45) is 4.73. The maximum absolute atomic E-state index is 11.3. The van der Waals surface area contributed by atoms with E-state index < -0.39 is 5.97 Å². The van der Waals surface area contributed by atoms with Crippen molar-refractivity contribution in [1.82, 2.24) is 0 Å². The van der Waals surface area contributed by atoms with Gasteiger partial charge in [0.2, 0.25) is 0 Å². The van der Waals surface area contributed by atoms with E-state index in [1.54, 1.807) is 7.11 Å². The van der Waals surface area contributed by atoms with E-state index in [0.717, 1.165) is 32.1 Å².